The van der Waals surface area contributed by atoms with Gasteiger partial charge in [0.2, 0.25) is 5.91 Å². The topological polar surface area (TPSA) is 76.1 Å². The van der Waals surface area contributed by atoms with Crippen molar-refractivity contribution < 1.29 is 26.4 Å². The molecule has 0 aliphatic heterocycles. The lowest BCUT2D eigenvalue weighted by Crippen LogP contribution is -2.39. The van der Waals surface area contributed by atoms with E-state index in [1.54, 1.807) is 20.0 Å². The molecule has 0 bridgehead atoms. The van der Waals surface area contributed by atoms with E-state index in [1.165, 1.54) is 11.3 Å². The summed E-state index contributed by atoms with van der Waals surface area (Å²) in [5.74, 6) is -1.38. The van der Waals surface area contributed by atoms with E-state index in [-0.39, 0.29) is 15.4 Å². The molecule has 2 aromatic rings. The van der Waals surface area contributed by atoms with E-state index in [9.17, 15) is 26.4 Å². The molecule has 1 atom stereocenters. The fourth-order valence-corrected chi connectivity index (χ4v) is 5.38. The number of benzene rings is 1. The Kier molecular flexibility index (Phi) is 6.49. The summed E-state index contributed by atoms with van der Waals surface area (Å²) in [6.45, 7) is 9.08. The number of halogens is 3. The predicted molar refractivity (Wildman–Crippen MR) is 107 cm³/mol. The number of aromatic nitrogens is 1. The molecule has 1 amide bonds. The molecular weight excluding hydrogens is 425 g/mol. The molecule has 1 unspecified atom stereocenters. The largest absolute Gasteiger partial charge is 0.416 e. The molecule has 160 valence electrons. The Hall–Kier alpha value is -1.94. The standard InChI is InChI=1S/C19H23F3N2O3S2/c1-11(2)15(16(25)24-17-23-10-14(28-17)18(3,4)5)29(26,27)13-8-6-12(7-9-13)19(20,21)22/h6-11,15H,1-5H3,(H,23,24,25). The van der Waals surface area contributed by atoms with Gasteiger partial charge in [0.1, 0.15) is 5.25 Å². The van der Waals surface area contributed by atoms with Gasteiger partial charge in [0.25, 0.3) is 0 Å². The van der Waals surface area contributed by atoms with Crippen LogP contribution in [-0.2, 0) is 26.2 Å². The number of rotatable bonds is 5. The summed E-state index contributed by atoms with van der Waals surface area (Å²) in [6, 6.07) is 3.14. The number of hydrogen-bond donors (Lipinski definition) is 1. The van der Waals surface area contributed by atoms with Crippen molar-refractivity contribution in [2.45, 2.75) is 56.4 Å². The minimum absolute atomic E-state index is 0.176. The number of thiazole rings is 1. The van der Waals surface area contributed by atoms with Crippen LogP contribution in [0.4, 0.5) is 18.3 Å². The average Bonchev–Trinajstić information content (AvgIpc) is 3.02. The first-order chi connectivity index (χ1) is 13.1. The van der Waals surface area contributed by atoms with Gasteiger partial charge in [-0.3, -0.25) is 4.79 Å². The Balaban J connectivity index is 2.32. The molecule has 0 saturated heterocycles. The maximum atomic E-state index is 13.0. The normalized spacial score (nSPS) is 14.1. The van der Waals surface area contributed by atoms with Crippen molar-refractivity contribution in [2.75, 3.05) is 5.32 Å². The second-order valence-electron chi connectivity index (χ2n) is 8.00. The third-order valence-corrected chi connectivity index (χ3v) is 7.88. The molecule has 29 heavy (non-hydrogen) atoms. The summed E-state index contributed by atoms with van der Waals surface area (Å²) < 4.78 is 64.2. The Morgan fingerprint density at radius 1 is 1.10 bits per heavy atom. The molecule has 0 aliphatic rings. The fourth-order valence-electron chi connectivity index (χ4n) is 2.64. The number of anilines is 1. The van der Waals surface area contributed by atoms with Crippen molar-refractivity contribution in [3.8, 4) is 0 Å². The molecule has 1 N–H and O–H groups in total. The zero-order valence-electron chi connectivity index (χ0n) is 16.7. The first-order valence-corrected chi connectivity index (χ1v) is 11.2. The summed E-state index contributed by atoms with van der Waals surface area (Å²) in [4.78, 5) is 17.5. The van der Waals surface area contributed by atoms with Crippen LogP contribution in [0.5, 0.6) is 0 Å². The van der Waals surface area contributed by atoms with Gasteiger partial charge in [0.05, 0.1) is 10.5 Å². The number of sulfone groups is 1. The molecule has 1 aromatic carbocycles. The Labute approximate surface area is 172 Å². The number of amides is 1. The van der Waals surface area contributed by atoms with Crippen LogP contribution in [-0.4, -0.2) is 24.6 Å². The van der Waals surface area contributed by atoms with Crippen LogP contribution < -0.4 is 5.32 Å². The molecule has 0 radical (unpaired) electrons. The Bertz CT molecular complexity index is 973. The van der Waals surface area contributed by atoms with Crippen molar-refractivity contribution in [1.82, 2.24) is 4.98 Å². The predicted octanol–water partition coefficient (Wildman–Crippen LogP) is 4.90. The van der Waals surface area contributed by atoms with E-state index in [0.717, 1.165) is 17.0 Å². The number of nitrogens with zero attached hydrogens (tertiary/aromatic N) is 1. The van der Waals surface area contributed by atoms with Gasteiger partial charge in [-0.1, -0.05) is 34.6 Å². The van der Waals surface area contributed by atoms with E-state index in [2.05, 4.69) is 10.3 Å². The van der Waals surface area contributed by atoms with Gasteiger partial charge < -0.3 is 5.32 Å². The molecule has 0 saturated carbocycles. The van der Waals surface area contributed by atoms with Crippen LogP contribution in [0.3, 0.4) is 0 Å². The summed E-state index contributed by atoms with van der Waals surface area (Å²) >= 11 is 1.25. The van der Waals surface area contributed by atoms with Gasteiger partial charge in [-0.05, 0) is 35.6 Å². The van der Waals surface area contributed by atoms with Crippen LogP contribution in [0.15, 0.2) is 35.4 Å². The van der Waals surface area contributed by atoms with Gasteiger partial charge in [-0.15, -0.1) is 11.3 Å². The van der Waals surface area contributed by atoms with E-state index >= 15 is 0 Å². The highest BCUT2D eigenvalue weighted by Crippen LogP contribution is 2.32. The monoisotopic (exact) mass is 448 g/mol. The van der Waals surface area contributed by atoms with Gasteiger partial charge in [-0.25, -0.2) is 13.4 Å². The summed E-state index contributed by atoms with van der Waals surface area (Å²) in [5.41, 5.74) is -1.13. The molecule has 0 fully saturated rings. The second kappa shape index (κ2) is 8.06. The van der Waals surface area contributed by atoms with Crippen molar-refractivity contribution in [1.29, 1.82) is 0 Å². The molecule has 2 rings (SSSR count). The lowest BCUT2D eigenvalue weighted by atomic mass is 9.96. The zero-order valence-corrected chi connectivity index (χ0v) is 18.3. The van der Waals surface area contributed by atoms with E-state index in [1.807, 2.05) is 20.8 Å². The smallest absolute Gasteiger partial charge is 0.301 e. The first kappa shape index (κ1) is 23.3. The number of nitrogens with one attached hydrogen (secondary N) is 1. The zero-order chi connectivity index (χ0) is 22.2. The van der Waals surface area contributed by atoms with E-state index in [0.29, 0.717) is 12.1 Å². The molecule has 0 spiro atoms. The van der Waals surface area contributed by atoms with Gasteiger partial charge in [0, 0.05) is 11.1 Å². The number of alkyl halides is 3. The molecule has 10 heteroatoms. The first-order valence-electron chi connectivity index (χ1n) is 8.82. The van der Waals surface area contributed by atoms with Crippen LogP contribution in [0.1, 0.15) is 45.1 Å². The van der Waals surface area contributed by atoms with Gasteiger partial charge >= 0.3 is 6.18 Å². The molecule has 0 aliphatic carbocycles. The summed E-state index contributed by atoms with van der Waals surface area (Å²) in [6.07, 6.45) is -2.96. The SMILES string of the molecule is CC(C)C(C(=O)Nc1ncc(C(C)(C)C)s1)S(=O)(=O)c1ccc(C(F)(F)F)cc1. The summed E-state index contributed by atoms with van der Waals surface area (Å²) in [5, 5.41) is 1.34. The van der Waals surface area contributed by atoms with Crippen LogP contribution in [0, 0.1) is 5.92 Å². The lowest BCUT2D eigenvalue weighted by Gasteiger charge is -2.20. The van der Waals surface area contributed by atoms with E-state index < -0.39 is 38.7 Å². The Morgan fingerprint density at radius 3 is 2.07 bits per heavy atom. The molecular formula is C19H23F3N2O3S2. The third kappa shape index (κ3) is 5.36. The van der Waals surface area contributed by atoms with Crippen molar-refractivity contribution in [3.05, 3.63) is 40.9 Å². The van der Waals surface area contributed by atoms with Gasteiger partial charge in [-0.2, -0.15) is 13.2 Å². The number of carbonyl (C=O) groups is 1. The highest BCUT2D eigenvalue weighted by molar-refractivity contribution is 7.92. The number of carbonyl (C=O) groups excluding carboxylic acids is 1. The third-order valence-electron chi connectivity index (χ3n) is 4.18. The fraction of sp³-hybridized carbons (Fsp3) is 0.474. The van der Waals surface area contributed by atoms with Crippen molar-refractivity contribution in [2.24, 2.45) is 5.92 Å². The molecule has 5 nitrogen and oxygen atoms in total. The van der Waals surface area contributed by atoms with Crippen LogP contribution >= 0.6 is 11.3 Å². The van der Waals surface area contributed by atoms with Gasteiger partial charge in [0.15, 0.2) is 15.0 Å². The van der Waals surface area contributed by atoms with Crippen molar-refractivity contribution >= 4 is 32.2 Å². The molecule has 1 aromatic heterocycles. The maximum Gasteiger partial charge on any atom is 0.416 e. The lowest BCUT2D eigenvalue weighted by molar-refractivity contribution is -0.137. The Morgan fingerprint density at radius 2 is 1.66 bits per heavy atom. The van der Waals surface area contributed by atoms with E-state index in [4.69, 9.17) is 0 Å². The minimum Gasteiger partial charge on any atom is -0.301 e. The average molecular weight is 449 g/mol. The highest BCUT2D eigenvalue weighted by atomic mass is 32.2. The summed E-state index contributed by atoms with van der Waals surface area (Å²) in [7, 11) is -4.21. The maximum absolute atomic E-state index is 13.0. The minimum atomic E-state index is -4.58. The van der Waals surface area contributed by atoms with Crippen molar-refractivity contribution in [3.63, 3.8) is 0 Å². The highest BCUT2D eigenvalue weighted by Gasteiger charge is 2.38. The second-order valence-corrected chi connectivity index (χ2v) is 11.1. The molecule has 1 heterocycles. The van der Waals surface area contributed by atoms with Crippen LogP contribution in [0.2, 0.25) is 0 Å². The number of hydrogen-bond acceptors (Lipinski definition) is 5. The van der Waals surface area contributed by atoms with Crippen LogP contribution in [0.25, 0.3) is 0 Å². The quantitative estimate of drug-likeness (QED) is 0.706.